The van der Waals surface area contributed by atoms with Gasteiger partial charge in [0.15, 0.2) is 0 Å². The summed E-state index contributed by atoms with van der Waals surface area (Å²) >= 11 is 0. The van der Waals surface area contributed by atoms with E-state index in [1.165, 1.54) is 50.0 Å². The monoisotopic (exact) mass is 403 g/mol. The molecule has 0 radical (unpaired) electrons. The summed E-state index contributed by atoms with van der Waals surface area (Å²) in [6, 6.07) is 19.2. The number of likely N-dealkylation sites (tertiary alicyclic amines) is 1. The molecule has 0 amide bonds. The maximum Gasteiger partial charge on any atom is 0.251 e. The summed E-state index contributed by atoms with van der Waals surface area (Å²) in [7, 11) is 0. The molecule has 2 heterocycles. The fourth-order valence-electron chi connectivity index (χ4n) is 4.52. The van der Waals surface area contributed by atoms with Gasteiger partial charge in [-0.2, -0.15) is 0 Å². The number of aromatic nitrogens is 1. The number of fused-ring (bicyclic) bond motifs is 1. The van der Waals surface area contributed by atoms with Crippen LogP contribution in [0.5, 0.6) is 0 Å². The molecule has 0 bridgehead atoms. The number of hydrogen-bond donors (Lipinski definition) is 2. The lowest BCUT2D eigenvalue weighted by Gasteiger charge is -2.27. The summed E-state index contributed by atoms with van der Waals surface area (Å²) in [6.07, 6.45) is 5.98. The summed E-state index contributed by atoms with van der Waals surface area (Å²) < 4.78 is 0. The van der Waals surface area contributed by atoms with Crippen LogP contribution < -0.4 is 10.9 Å². The van der Waals surface area contributed by atoms with Crippen LogP contribution in [0.25, 0.3) is 10.9 Å². The molecule has 158 valence electrons. The van der Waals surface area contributed by atoms with Crippen LogP contribution in [0.2, 0.25) is 0 Å². The zero-order valence-corrected chi connectivity index (χ0v) is 18.0. The second-order valence-electron chi connectivity index (χ2n) is 8.38. The lowest BCUT2D eigenvalue weighted by Crippen LogP contribution is -2.33. The zero-order valence-electron chi connectivity index (χ0n) is 18.0. The van der Waals surface area contributed by atoms with Crippen LogP contribution in [0.1, 0.15) is 55.3 Å². The van der Waals surface area contributed by atoms with E-state index in [9.17, 15) is 4.79 Å². The Bertz CT molecular complexity index is 1010. The average molecular weight is 404 g/mol. The second kappa shape index (κ2) is 10.1. The molecule has 1 aliphatic rings. The lowest BCUT2D eigenvalue weighted by molar-refractivity contribution is 0.225. The molecule has 4 heteroatoms. The van der Waals surface area contributed by atoms with E-state index in [-0.39, 0.29) is 11.6 Å². The molecule has 1 aromatic heterocycles. The van der Waals surface area contributed by atoms with Gasteiger partial charge in [-0.05, 0) is 86.6 Å². The predicted molar refractivity (Wildman–Crippen MR) is 125 cm³/mol. The largest absolute Gasteiger partial charge is 0.322 e. The first kappa shape index (κ1) is 20.8. The SMILES string of the molecule is CCc1cc2cc(C(NCCCN3CCCCC3)c3ccccc3)ccc2[nH]c1=O. The molecule has 1 atom stereocenters. The first-order chi connectivity index (χ1) is 14.7. The summed E-state index contributed by atoms with van der Waals surface area (Å²) in [6.45, 7) is 6.69. The van der Waals surface area contributed by atoms with E-state index in [4.69, 9.17) is 0 Å². The maximum atomic E-state index is 12.1. The molecular weight excluding hydrogens is 370 g/mol. The van der Waals surface area contributed by atoms with Crippen molar-refractivity contribution in [3.8, 4) is 0 Å². The molecule has 0 aliphatic carbocycles. The van der Waals surface area contributed by atoms with Crippen LogP contribution in [0.4, 0.5) is 0 Å². The molecule has 2 aromatic carbocycles. The second-order valence-corrected chi connectivity index (χ2v) is 8.38. The van der Waals surface area contributed by atoms with Crippen molar-refractivity contribution in [1.82, 2.24) is 15.2 Å². The zero-order chi connectivity index (χ0) is 20.8. The number of benzene rings is 2. The van der Waals surface area contributed by atoms with Gasteiger partial charge in [0.2, 0.25) is 0 Å². The molecule has 1 fully saturated rings. The van der Waals surface area contributed by atoms with Gasteiger partial charge in [-0.1, -0.05) is 49.7 Å². The fourth-order valence-corrected chi connectivity index (χ4v) is 4.52. The number of rotatable bonds is 8. The summed E-state index contributed by atoms with van der Waals surface area (Å²) in [4.78, 5) is 17.8. The normalized spacial score (nSPS) is 16.0. The van der Waals surface area contributed by atoms with Gasteiger partial charge in [0, 0.05) is 11.1 Å². The number of pyridine rings is 1. The van der Waals surface area contributed by atoms with Gasteiger partial charge < -0.3 is 15.2 Å². The van der Waals surface area contributed by atoms with Crippen LogP contribution in [0, 0.1) is 0 Å². The number of nitrogens with one attached hydrogen (secondary N) is 2. The van der Waals surface area contributed by atoms with Gasteiger partial charge in [-0.15, -0.1) is 0 Å². The molecule has 1 aliphatic heterocycles. The number of hydrogen-bond acceptors (Lipinski definition) is 3. The van der Waals surface area contributed by atoms with Crippen molar-refractivity contribution < 1.29 is 0 Å². The quantitative estimate of drug-likeness (QED) is 0.539. The van der Waals surface area contributed by atoms with Crippen molar-refractivity contribution in [2.45, 2.75) is 45.1 Å². The molecule has 1 saturated heterocycles. The van der Waals surface area contributed by atoms with E-state index >= 15 is 0 Å². The minimum absolute atomic E-state index is 0.0215. The topological polar surface area (TPSA) is 48.1 Å². The van der Waals surface area contributed by atoms with E-state index in [0.717, 1.165) is 35.9 Å². The van der Waals surface area contributed by atoms with Crippen molar-refractivity contribution in [3.05, 3.63) is 81.6 Å². The molecule has 2 N–H and O–H groups in total. The highest BCUT2D eigenvalue weighted by atomic mass is 16.1. The molecule has 4 rings (SSSR count). The van der Waals surface area contributed by atoms with Crippen LogP contribution >= 0.6 is 0 Å². The van der Waals surface area contributed by atoms with Crippen LogP contribution in [-0.2, 0) is 6.42 Å². The summed E-state index contributed by atoms with van der Waals surface area (Å²) in [5.41, 5.74) is 4.27. The Morgan fingerprint density at radius 1 is 1.00 bits per heavy atom. The Kier molecular flexibility index (Phi) is 6.98. The van der Waals surface area contributed by atoms with Gasteiger partial charge >= 0.3 is 0 Å². The Morgan fingerprint density at radius 3 is 2.57 bits per heavy atom. The Balaban J connectivity index is 1.53. The number of H-pyrrole nitrogens is 1. The minimum Gasteiger partial charge on any atom is -0.322 e. The van der Waals surface area contributed by atoms with E-state index in [0.29, 0.717) is 0 Å². The first-order valence-corrected chi connectivity index (χ1v) is 11.4. The van der Waals surface area contributed by atoms with Crippen molar-refractivity contribution in [3.63, 3.8) is 0 Å². The van der Waals surface area contributed by atoms with Crippen LogP contribution in [-0.4, -0.2) is 36.1 Å². The number of piperidine rings is 1. The molecule has 0 saturated carbocycles. The van der Waals surface area contributed by atoms with Crippen LogP contribution in [0.15, 0.2) is 59.4 Å². The van der Waals surface area contributed by atoms with Gasteiger partial charge in [0.05, 0.1) is 6.04 Å². The Labute approximate surface area is 179 Å². The van der Waals surface area contributed by atoms with Crippen molar-refractivity contribution in [2.24, 2.45) is 0 Å². The third kappa shape index (κ3) is 5.00. The van der Waals surface area contributed by atoms with Crippen molar-refractivity contribution in [2.75, 3.05) is 26.2 Å². The number of aryl methyl sites for hydroxylation is 1. The molecular formula is C26H33N3O. The lowest BCUT2D eigenvalue weighted by atomic mass is 9.96. The first-order valence-electron chi connectivity index (χ1n) is 11.4. The average Bonchev–Trinajstić information content (AvgIpc) is 2.80. The smallest absolute Gasteiger partial charge is 0.251 e. The van der Waals surface area contributed by atoms with Crippen LogP contribution in [0.3, 0.4) is 0 Å². The minimum atomic E-state index is 0.0215. The Morgan fingerprint density at radius 2 is 1.80 bits per heavy atom. The highest BCUT2D eigenvalue weighted by Crippen LogP contribution is 2.25. The van der Waals surface area contributed by atoms with Gasteiger partial charge in [0.1, 0.15) is 0 Å². The standard InChI is InChI=1S/C26H33N3O/c1-2-20-18-23-19-22(12-13-24(23)28-26(20)30)25(21-10-5-3-6-11-21)27-14-9-17-29-15-7-4-8-16-29/h3,5-6,10-13,18-19,25,27H,2,4,7-9,14-17H2,1H3,(H,28,30). The summed E-state index contributed by atoms with van der Waals surface area (Å²) in [5.74, 6) is 0. The maximum absolute atomic E-state index is 12.1. The highest BCUT2D eigenvalue weighted by Gasteiger charge is 2.15. The van der Waals surface area contributed by atoms with Gasteiger partial charge in [-0.25, -0.2) is 0 Å². The summed E-state index contributed by atoms with van der Waals surface area (Å²) in [5, 5.41) is 4.90. The van der Waals surface area contributed by atoms with Crippen molar-refractivity contribution >= 4 is 10.9 Å². The van der Waals surface area contributed by atoms with E-state index in [2.05, 4.69) is 57.7 Å². The molecule has 0 spiro atoms. The fraction of sp³-hybridized carbons (Fsp3) is 0.423. The highest BCUT2D eigenvalue weighted by molar-refractivity contribution is 5.80. The van der Waals surface area contributed by atoms with Gasteiger partial charge in [0.25, 0.3) is 5.56 Å². The van der Waals surface area contributed by atoms with Gasteiger partial charge in [-0.3, -0.25) is 4.79 Å². The molecule has 30 heavy (non-hydrogen) atoms. The number of nitrogens with zero attached hydrogens (tertiary/aromatic N) is 1. The predicted octanol–water partition coefficient (Wildman–Crippen LogP) is 4.65. The Hall–Kier alpha value is -2.43. The third-order valence-corrected chi connectivity index (χ3v) is 6.24. The molecule has 3 aromatic rings. The van der Waals surface area contributed by atoms with E-state index in [1.807, 2.05) is 19.1 Å². The van der Waals surface area contributed by atoms with E-state index < -0.39 is 0 Å². The van der Waals surface area contributed by atoms with E-state index in [1.54, 1.807) is 0 Å². The number of aromatic amines is 1. The molecule has 1 unspecified atom stereocenters. The van der Waals surface area contributed by atoms with Crippen molar-refractivity contribution in [1.29, 1.82) is 0 Å². The third-order valence-electron chi connectivity index (χ3n) is 6.24. The molecule has 4 nitrogen and oxygen atoms in total.